The molecule has 0 aliphatic heterocycles. The Kier molecular flexibility index (Phi) is 3.16. The maximum absolute atomic E-state index is 6.05. The molecule has 0 radical (unpaired) electrons. The van der Waals surface area contributed by atoms with Gasteiger partial charge in [-0.05, 0) is 24.5 Å². The van der Waals surface area contributed by atoms with Crippen LogP contribution in [0, 0.1) is 6.92 Å². The number of benzene rings is 1. The van der Waals surface area contributed by atoms with Gasteiger partial charge in [0.2, 0.25) is 0 Å². The molecule has 0 aliphatic carbocycles. The highest BCUT2D eigenvalue weighted by atomic mass is 15.2. The summed E-state index contributed by atoms with van der Waals surface area (Å²) < 4.78 is 0. The first kappa shape index (κ1) is 12.7. The van der Waals surface area contributed by atoms with Gasteiger partial charge in [-0.15, -0.1) is 0 Å². The number of aryl methyl sites for hydroxylation is 1. The fourth-order valence-corrected chi connectivity index (χ4v) is 2.15. The second-order valence-electron chi connectivity index (χ2n) is 5.41. The van der Waals surface area contributed by atoms with E-state index < -0.39 is 0 Å². The fraction of sp³-hybridized carbons (Fsp3) is 0.400. The van der Waals surface area contributed by atoms with Gasteiger partial charge < -0.3 is 5.73 Å². The highest BCUT2D eigenvalue weighted by Gasteiger charge is 2.26. The van der Waals surface area contributed by atoms with E-state index in [-0.39, 0.29) is 5.41 Å². The van der Waals surface area contributed by atoms with Gasteiger partial charge in [0.25, 0.3) is 0 Å². The van der Waals surface area contributed by atoms with E-state index in [9.17, 15) is 0 Å². The van der Waals surface area contributed by atoms with Gasteiger partial charge in [0.05, 0.1) is 5.69 Å². The predicted octanol–water partition coefficient (Wildman–Crippen LogP) is 3.65. The molecular weight excluding hydrogens is 222 g/mol. The summed E-state index contributed by atoms with van der Waals surface area (Å²) >= 11 is 0. The first-order valence-electron chi connectivity index (χ1n) is 6.37. The second-order valence-corrected chi connectivity index (χ2v) is 5.41. The zero-order valence-corrected chi connectivity index (χ0v) is 11.5. The average Bonchev–Trinajstić information content (AvgIpc) is 2.72. The number of rotatable bonds is 3. The molecule has 0 spiro atoms. The van der Waals surface area contributed by atoms with Gasteiger partial charge in [-0.25, -0.2) is 0 Å². The van der Waals surface area contributed by atoms with Crippen LogP contribution in [0.15, 0.2) is 24.3 Å². The molecule has 0 amide bonds. The molecule has 0 saturated heterocycles. The van der Waals surface area contributed by atoms with Crippen LogP contribution in [-0.2, 0) is 5.41 Å². The highest BCUT2D eigenvalue weighted by molar-refractivity contribution is 5.79. The van der Waals surface area contributed by atoms with Gasteiger partial charge in [-0.3, -0.25) is 5.10 Å². The van der Waals surface area contributed by atoms with Crippen molar-refractivity contribution in [1.82, 2.24) is 10.2 Å². The molecule has 3 heteroatoms. The first-order valence-corrected chi connectivity index (χ1v) is 6.37. The maximum Gasteiger partial charge on any atom is 0.153 e. The number of aromatic amines is 1. The number of hydrogen-bond acceptors (Lipinski definition) is 2. The van der Waals surface area contributed by atoms with Crippen LogP contribution in [0.25, 0.3) is 11.1 Å². The molecule has 2 aromatic rings. The van der Waals surface area contributed by atoms with E-state index in [1.54, 1.807) is 0 Å². The lowest BCUT2D eigenvalue weighted by molar-refractivity contribution is 0.490. The molecule has 96 valence electrons. The van der Waals surface area contributed by atoms with Crippen molar-refractivity contribution >= 4 is 5.82 Å². The number of aromatic nitrogens is 2. The summed E-state index contributed by atoms with van der Waals surface area (Å²) in [4.78, 5) is 0. The number of hydrogen-bond donors (Lipinski definition) is 2. The largest absolute Gasteiger partial charge is 0.382 e. The van der Waals surface area contributed by atoms with Gasteiger partial charge in [0, 0.05) is 11.0 Å². The van der Waals surface area contributed by atoms with Crippen molar-refractivity contribution in [2.75, 3.05) is 5.73 Å². The van der Waals surface area contributed by atoms with Crippen LogP contribution < -0.4 is 5.73 Å². The topological polar surface area (TPSA) is 54.7 Å². The molecule has 2 rings (SSSR count). The predicted molar refractivity (Wildman–Crippen MR) is 76.5 cm³/mol. The molecule has 0 aliphatic rings. The quantitative estimate of drug-likeness (QED) is 0.864. The molecule has 0 atom stereocenters. The Bertz CT molecular complexity index is 553. The van der Waals surface area contributed by atoms with Crippen LogP contribution in [0.5, 0.6) is 0 Å². The number of anilines is 1. The Morgan fingerprint density at radius 2 is 1.94 bits per heavy atom. The second kappa shape index (κ2) is 4.48. The Morgan fingerprint density at radius 3 is 2.56 bits per heavy atom. The number of nitrogen functional groups attached to an aromatic ring is 1. The van der Waals surface area contributed by atoms with E-state index >= 15 is 0 Å². The Labute approximate surface area is 108 Å². The minimum atomic E-state index is 0.0439. The van der Waals surface area contributed by atoms with Crippen molar-refractivity contribution in [3.05, 3.63) is 35.5 Å². The molecule has 0 bridgehead atoms. The van der Waals surface area contributed by atoms with E-state index in [1.807, 2.05) is 12.1 Å². The molecular formula is C15H21N3. The Hall–Kier alpha value is -1.77. The van der Waals surface area contributed by atoms with E-state index in [4.69, 9.17) is 5.73 Å². The lowest BCUT2D eigenvalue weighted by Gasteiger charge is -2.23. The van der Waals surface area contributed by atoms with Gasteiger partial charge in [-0.2, -0.15) is 5.10 Å². The van der Waals surface area contributed by atoms with Gasteiger partial charge in [0.15, 0.2) is 5.82 Å². The molecule has 3 N–H and O–H groups in total. The Morgan fingerprint density at radius 1 is 1.28 bits per heavy atom. The van der Waals surface area contributed by atoms with Crippen LogP contribution in [-0.4, -0.2) is 10.2 Å². The summed E-state index contributed by atoms with van der Waals surface area (Å²) in [6, 6.07) is 8.29. The monoisotopic (exact) mass is 243 g/mol. The maximum atomic E-state index is 6.05. The van der Waals surface area contributed by atoms with Gasteiger partial charge in [-0.1, -0.05) is 45.0 Å². The molecule has 0 saturated carbocycles. The number of nitrogens with one attached hydrogen (secondary N) is 1. The lowest BCUT2D eigenvalue weighted by Crippen LogP contribution is -2.17. The summed E-state index contributed by atoms with van der Waals surface area (Å²) in [5.74, 6) is 0.584. The third kappa shape index (κ3) is 2.01. The van der Waals surface area contributed by atoms with E-state index in [0.717, 1.165) is 17.7 Å². The molecule has 1 aromatic heterocycles. The van der Waals surface area contributed by atoms with Crippen molar-refractivity contribution < 1.29 is 0 Å². The third-order valence-corrected chi connectivity index (χ3v) is 3.77. The van der Waals surface area contributed by atoms with Crippen molar-refractivity contribution in [2.45, 2.75) is 39.5 Å². The summed E-state index contributed by atoms with van der Waals surface area (Å²) in [5.41, 5.74) is 10.7. The lowest BCUT2D eigenvalue weighted by atomic mass is 9.82. The fourth-order valence-electron chi connectivity index (χ4n) is 2.15. The molecule has 1 heterocycles. The molecule has 3 nitrogen and oxygen atoms in total. The average molecular weight is 243 g/mol. The molecule has 18 heavy (non-hydrogen) atoms. The van der Waals surface area contributed by atoms with Crippen molar-refractivity contribution in [1.29, 1.82) is 0 Å². The van der Waals surface area contributed by atoms with Gasteiger partial charge >= 0.3 is 0 Å². The summed E-state index contributed by atoms with van der Waals surface area (Å²) in [7, 11) is 0. The van der Waals surface area contributed by atoms with Crippen LogP contribution in [0.4, 0.5) is 5.82 Å². The third-order valence-electron chi connectivity index (χ3n) is 3.77. The zero-order chi connectivity index (χ0) is 13.3. The molecule has 0 unspecified atom stereocenters. The normalized spacial score (nSPS) is 11.8. The first-order chi connectivity index (χ1) is 8.47. The minimum absolute atomic E-state index is 0.0439. The van der Waals surface area contributed by atoms with E-state index in [1.165, 1.54) is 11.1 Å². The summed E-state index contributed by atoms with van der Waals surface area (Å²) in [6.07, 6.45) is 1.04. The van der Waals surface area contributed by atoms with E-state index in [2.05, 4.69) is 50.0 Å². The van der Waals surface area contributed by atoms with Crippen molar-refractivity contribution in [2.24, 2.45) is 0 Å². The SMILES string of the molecule is CCC(C)(C)c1[nH]nc(N)c1-c1ccccc1C. The standard InChI is InChI=1S/C15H21N3/c1-5-15(3,4)13-12(14(16)18-17-13)11-9-7-6-8-10(11)2/h6-9H,5H2,1-4H3,(H3,16,17,18). The van der Waals surface area contributed by atoms with Crippen LogP contribution >= 0.6 is 0 Å². The van der Waals surface area contributed by atoms with Crippen LogP contribution in [0.1, 0.15) is 38.4 Å². The van der Waals surface area contributed by atoms with Crippen molar-refractivity contribution in [3.63, 3.8) is 0 Å². The van der Waals surface area contributed by atoms with Crippen LogP contribution in [0.2, 0.25) is 0 Å². The minimum Gasteiger partial charge on any atom is -0.382 e. The number of H-pyrrole nitrogens is 1. The van der Waals surface area contributed by atoms with E-state index in [0.29, 0.717) is 5.82 Å². The van der Waals surface area contributed by atoms with Gasteiger partial charge in [0.1, 0.15) is 0 Å². The molecule has 1 aromatic carbocycles. The smallest absolute Gasteiger partial charge is 0.153 e. The number of nitrogens with two attached hydrogens (primary N) is 1. The van der Waals surface area contributed by atoms with Crippen LogP contribution in [0.3, 0.4) is 0 Å². The number of nitrogens with zero attached hydrogens (tertiary/aromatic N) is 1. The Balaban J connectivity index is 2.65. The van der Waals surface area contributed by atoms with Crippen molar-refractivity contribution in [3.8, 4) is 11.1 Å². The summed E-state index contributed by atoms with van der Waals surface area (Å²) in [5, 5.41) is 7.32. The zero-order valence-electron chi connectivity index (χ0n) is 11.5. The summed E-state index contributed by atoms with van der Waals surface area (Å²) in [6.45, 7) is 8.70. The highest BCUT2D eigenvalue weighted by Crippen LogP contribution is 2.38. The molecule has 0 fully saturated rings.